The van der Waals surface area contributed by atoms with E-state index in [-0.39, 0.29) is 18.9 Å². The summed E-state index contributed by atoms with van der Waals surface area (Å²) in [5.74, 6) is -0.409. The number of fused-ring (bicyclic) bond motifs is 1. The lowest BCUT2D eigenvalue weighted by molar-refractivity contribution is -0.137. The number of carboxylic acids is 1. The molecule has 1 fully saturated rings. The van der Waals surface area contributed by atoms with Gasteiger partial charge in [-0.1, -0.05) is 42.2 Å². The predicted molar refractivity (Wildman–Crippen MR) is 103 cm³/mol. The van der Waals surface area contributed by atoms with Gasteiger partial charge in [0.1, 0.15) is 10.1 Å². The normalized spacial score (nSPS) is 16.0. The number of aliphatic carboxylic acids is 1. The first kappa shape index (κ1) is 17.4. The molecule has 25 heavy (non-hydrogen) atoms. The molecule has 2 aromatic carbocycles. The lowest BCUT2D eigenvalue weighted by Crippen LogP contribution is -2.30. The molecular weight excluding hydrogens is 358 g/mol. The standard InChI is InChI=1S/C18H15NO4S2/c1-23-14-5-4-12-8-11(2-3-13(12)10-14)9-15-17(22)19(18(24)25-15)7-6-16(20)21/h2-5,8-10H,6-7H2,1H3,(H,20,21)/b15-9-. The van der Waals surface area contributed by atoms with Crippen molar-refractivity contribution in [3.8, 4) is 5.75 Å². The highest BCUT2D eigenvalue weighted by Crippen LogP contribution is 2.33. The quantitative estimate of drug-likeness (QED) is 0.639. The summed E-state index contributed by atoms with van der Waals surface area (Å²) in [5, 5.41) is 10.9. The Morgan fingerprint density at radius 2 is 2.00 bits per heavy atom. The summed E-state index contributed by atoms with van der Waals surface area (Å²) in [4.78, 5) is 25.0. The number of methoxy groups -OCH3 is 1. The largest absolute Gasteiger partial charge is 0.497 e. The molecule has 1 N–H and O–H groups in total. The van der Waals surface area contributed by atoms with Crippen LogP contribution in [0.15, 0.2) is 41.3 Å². The lowest BCUT2D eigenvalue weighted by atomic mass is 10.1. The lowest BCUT2D eigenvalue weighted by Gasteiger charge is -2.12. The molecule has 0 aliphatic carbocycles. The Kier molecular flexibility index (Phi) is 5.06. The zero-order valence-electron chi connectivity index (χ0n) is 13.4. The minimum atomic E-state index is -0.956. The number of benzene rings is 2. The Hall–Kier alpha value is -2.38. The second kappa shape index (κ2) is 7.25. The van der Waals surface area contributed by atoms with Crippen LogP contribution in [-0.2, 0) is 9.59 Å². The van der Waals surface area contributed by atoms with Crippen molar-refractivity contribution in [3.05, 3.63) is 46.9 Å². The number of hydrogen-bond acceptors (Lipinski definition) is 5. The number of carbonyl (C=O) groups is 2. The Bertz CT molecular complexity index is 907. The summed E-state index contributed by atoms with van der Waals surface area (Å²) in [6, 6.07) is 11.7. The maximum atomic E-state index is 12.4. The Morgan fingerprint density at radius 1 is 1.28 bits per heavy atom. The molecule has 0 atom stereocenters. The molecule has 0 bridgehead atoms. The fourth-order valence-electron chi connectivity index (χ4n) is 2.51. The number of rotatable bonds is 5. The van der Waals surface area contributed by atoms with Crippen LogP contribution in [0.2, 0.25) is 0 Å². The Morgan fingerprint density at radius 3 is 2.72 bits per heavy atom. The second-order valence-corrected chi connectivity index (χ2v) is 7.13. The average Bonchev–Trinajstić information content (AvgIpc) is 2.86. The molecule has 1 saturated heterocycles. The van der Waals surface area contributed by atoms with Gasteiger partial charge in [0.2, 0.25) is 0 Å². The van der Waals surface area contributed by atoms with Crippen LogP contribution in [0.5, 0.6) is 5.75 Å². The van der Waals surface area contributed by atoms with Gasteiger partial charge in [0.25, 0.3) is 5.91 Å². The van der Waals surface area contributed by atoms with E-state index in [9.17, 15) is 9.59 Å². The predicted octanol–water partition coefficient (Wildman–Crippen LogP) is 3.52. The van der Waals surface area contributed by atoms with Gasteiger partial charge in [-0.25, -0.2) is 0 Å². The first-order valence-corrected chi connectivity index (χ1v) is 8.75. The van der Waals surface area contributed by atoms with Crippen LogP contribution in [0.4, 0.5) is 0 Å². The maximum absolute atomic E-state index is 12.4. The summed E-state index contributed by atoms with van der Waals surface area (Å²) >= 11 is 6.38. The van der Waals surface area contributed by atoms with Gasteiger partial charge in [-0.05, 0) is 40.6 Å². The van der Waals surface area contributed by atoms with E-state index in [0.717, 1.165) is 22.1 Å². The van der Waals surface area contributed by atoms with E-state index in [4.69, 9.17) is 22.1 Å². The third-order valence-electron chi connectivity index (χ3n) is 3.79. The minimum absolute atomic E-state index is 0.0921. The van der Waals surface area contributed by atoms with Crippen LogP contribution >= 0.6 is 24.0 Å². The highest BCUT2D eigenvalue weighted by atomic mass is 32.2. The zero-order valence-corrected chi connectivity index (χ0v) is 15.0. The van der Waals surface area contributed by atoms with E-state index < -0.39 is 5.97 Å². The Balaban J connectivity index is 1.85. The number of carbonyl (C=O) groups excluding carboxylic acids is 1. The van der Waals surface area contributed by atoms with Crippen molar-refractivity contribution < 1.29 is 19.4 Å². The Labute approximate surface area is 154 Å². The number of nitrogens with zero attached hydrogens (tertiary/aromatic N) is 1. The van der Waals surface area contributed by atoms with E-state index in [1.54, 1.807) is 13.2 Å². The molecule has 128 valence electrons. The molecule has 2 aromatic rings. The summed E-state index contributed by atoms with van der Waals surface area (Å²) in [6.07, 6.45) is 1.65. The van der Waals surface area contributed by atoms with Crippen molar-refractivity contribution in [2.24, 2.45) is 0 Å². The van der Waals surface area contributed by atoms with Gasteiger partial charge in [0, 0.05) is 6.54 Å². The van der Waals surface area contributed by atoms with Crippen molar-refractivity contribution in [2.75, 3.05) is 13.7 Å². The third kappa shape index (κ3) is 3.83. The van der Waals surface area contributed by atoms with Gasteiger partial charge in [-0.15, -0.1) is 0 Å². The van der Waals surface area contributed by atoms with Gasteiger partial charge < -0.3 is 9.84 Å². The average molecular weight is 373 g/mol. The zero-order chi connectivity index (χ0) is 18.0. The van der Waals surface area contributed by atoms with E-state index in [1.165, 1.54) is 16.7 Å². The van der Waals surface area contributed by atoms with Crippen molar-refractivity contribution in [1.82, 2.24) is 4.90 Å². The SMILES string of the molecule is COc1ccc2cc(/C=C3\SC(=S)N(CCC(=O)O)C3=O)ccc2c1. The molecule has 1 heterocycles. The van der Waals surface area contributed by atoms with Crippen LogP contribution in [0.25, 0.3) is 16.8 Å². The molecule has 0 radical (unpaired) electrons. The van der Waals surface area contributed by atoms with Gasteiger partial charge in [-0.2, -0.15) is 0 Å². The monoisotopic (exact) mass is 373 g/mol. The first-order valence-electron chi connectivity index (χ1n) is 7.53. The number of amides is 1. The topological polar surface area (TPSA) is 66.8 Å². The maximum Gasteiger partial charge on any atom is 0.305 e. The molecule has 5 nitrogen and oxygen atoms in total. The number of thiocarbonyl (C=S) groups is 1. The minimum Gasteiger partial charge on any atom is -0.497 e. The number of hydrogen-bond donors (Lipinski definition) is 1. The van der Waals surface area contributed by atoms with Gasteiger partial charge >= 0.3 is 5.97 Å². The van der Waals surface area contributed by atoms with Gasteiger partial charge in [-0.3, -0.25) is 14.5 Å². The summed E-state index contributed by atoms with van der Waals surface area (Å²) in [5.41, 5.74) is 0.886. The number of ether oxygens (including phenoxy) is 1. The molecule has 1 aliphatic heterocycles. The van der Waals surface area contributed by atoms with Crippen molar-refractivity contribution in [1.29, 1.82) is 0 Å². The van der Waals surface area contributed by atoms with E-state index in [1.807, 2.05) is 36.4 Å². The first-order chi connectivity index (χ1) is 12.0. The second-order valence-electron chi connectivity index (χ2n) is 5.45. The molecule has 7 heteroatoms. The molecule has 0 unspecified atom stereocenters. The van der Waals surface area contributed by atoms with Gasteiger partial charge in [0.05, 0.1) is 18.4 Å². The van der Waals surface area contributed by atoms with Crippen LogP contribution < -0.4 is 4.74 Å². The summed E-state index contributed by atoms with van der Waals surface area (Å²) in [7, 11) is 1.63. The highest BCUT2D eigenvalue weighted by molar-refractivity contribution is 8.26. The molecular formula is C18H15NO4S2. The van der Waals surface area contributed by atoms with Crippen molar-refractivity contribution in [2.45, 2.75) is 6.42 Å². The summed E-state index contributed by atoms with van der Waals surface area (Å²) in [6.45, 7) is 0.0921. The van der Waals surface area contributed by atoms with Crippen LogP contribution in [0.3, 0.4) is 0 Å². The summed E-state index contributed by atoms with van der Waals surface area (Å²) < 4.78 is 5.61. The smallest absolute Gasteiger partial charge is 0.305 e. The van der Waals surface area contributed by atoms with E-state index in [2.05, 4.69) is 0 Å². The third-order valence-corrected chi connectivity index (χ3v) is 5.17. The van der Waals surface area contributed by atoms with Crippen LogP contribution in [0, 0.1) is 0 Å². The van der Waals surface area contributed by atoms with Gasteiger partial charge in [0.15, 0.2) is 0 Å². The number of thioether (sulfide) groups is 1. The molecule has 1 amide bonds. The van der Waals surface area contributed by atoms with E-state index in [0.29, 0.717) is 9.23 Å². The van der Waals surface area contributed by atoms with Crippen LogP contribution in [-0.4, -0.2) is 39.9 Å². The molecule has 0 spiro atoms. The fraction of sp³-hybridized carbons (Fsp3) is 0.167. The fourth-order valence-corrected chi connectivity index (χ4v) is 3.82. The molecule has 0 aromatic heterocycles. The van der Waals surface area contributed by atoms with Crippen LogP contribution in [0.1, 0.15) is 12.0 Å². The van der Waals surface area contributed by atoms with Crippen molar-refractivity contribution >= 4 is 57.0 Å². The molecule has 1 aliphatic rings. The number of carboxylic acid groups (broad SMARTS) is 1. The molecule has 3 rings (SSSR count). The highest BCUT2D eigenvalue weighted by Gasteiger charge is 2.31. The van der Waals surface area contributed by atoms with Crippen molar-refractivity contribution in [3.63, 3.8) is 0 Å². The molecule has 0 saturated carbocycles. The van der Waals surface area contributed by atoms with E-state index >= 15 is 0 Å².